The molecule has 3 fully saturated rings. The van der Waals surface area contributed by atoms with Crippen molar-refractivity contribution in [1.29, 1.82) is 0 Å². The summed E-state index contributed by atoms with van der Waals surface area (Å²) in [6.45, 7) is 13.0. The summed E-state index contributed by atoms with van der Waals surface area (Å²) in [6.07, 6.45) is 4.62. The van der Waals surface area contributed by atoms with E-state index in [-0.39, 0.29) is 0 Å². The van der Waals surface area contributed by atoms with E-state index >= 15 is 0 Å². The average molecular weight is 638 g/mol. The van der Waals surface area contributed by atoms with Gasteiger partial charge in [0.25, 0.3) is 0 Å². The summed E-state index contributed by atoms with van der Waals surface area (Å²) in [6, 6.07) is 21.4. The van der Waals surface area contributed by atoms with E-state index in [1.54, 1.807) is 14.2 Å². The Bertz CT molecular complexity index is 1660. The first-order chi connectivity index (χ1) is 22.9. The van der Waals surface area contributed by atoms with Crippen LogP contribution in [0.1, 0.15) is 51.0 Å². The molecular formula is C39H51N5O3. The number of fused-ring (bicyclic) bond motifs is 1. The topological polar surface area (TPSA) is 55.2 Å². The van der Waals surface area contributed by atoms with E-state index in [0.717, 1.165) is 101 Å². The molecule has 8 nitrogen and oxygen atoms in total. The standard InChI is InChI=1S/C39H51N5O3/c1-27(2)42-18-20-44(21-19-42)32-9-6-28(7-10-32)31-24-34(29-12-16-43(17-13-29)33-14-22-47-23-15-33)38-35(25-31)41(3)39(40-38)30-8-11-36(45-4)37(26-30)46-5/h6-11,24-27,29,33H,12-23H2,1-5H3. The highest BCUT2D eigenvalue weighted by Crippen LogP contribution is 2.40. The Morgan fingerprint density at radius 1 is 0.745 bits per heavy atom. The van der Waals surface area contributed by atoms with Crippen LogP contribution in [0.25, 0.3) is 33.5 Å². The Morgan fingerprint density at radius 2 is 1.43 bits per heavy atom. The van der Waals surface area contributed by atoms with Gasteiger partial charge in [-0.05, 0) is 118 Å². The monoisotopic (exact) mass is 637 g/mol. The number of hydrogen-bond donors (Lipinski definition) is 0. The molecule has 0 amide bonds. The molecule has 3 aromatic carbocycles. The predicted octanol–water partition coefficient (Wildman–Crippen LogP) is 6.81. The Hall–Kier alpha value is -3.59. The highest BCUT2D eigenvalue weighted by atomic mass is 16.5. The lowest BCUT2D eigenvalue weighted by Gasteiger charge is -2.39. The van der Waals surface area contributed by atoms with Crippen molar-refractivity contribution in [1.82, 2.24) is 19.4 Å². The smallest absolute Gasteiger partial charge is 0.161 e. The first kappa shape index (κ1) is 32.0. The molecule has 0 atom stereocenters. The second-order valence-corrected chi connectivity index (χ2v) is 13.8. The number of methoxy groups -OCH3 is 2. The Morgan fingerprint density at radius 3 is 2.09 bits per heavy atom. The van der Waals surface area contributed by atoms with E-state index in [4.69, 9.17) is 19.2 Å². The average Bonchev–Trinajstić information content (AvgIpc) is 3.47. The molecular weight excluding hydrogens is 586 g/mol. The largest absolute Gasteiger partial charge is 0.493 e. The van der Waals surface area contributed by atoms with Gasteiger partial charge in [0.05, 0.1) is 25.3 Å². The van der Waals surface area contributed by atoms with Gasteiger partial charge in [0.15, 0.2) is 11.5 Å². The van der Waals surface area contributed by atoms with Crippen LogP contribution in [0.2, 0.25) is 0 Å². The maximum atomic E-state index is 5.66. The molecule has 3 saturated heterocycles. The van der Waals surface area contributed by atoms with Crippen LogP contribution in [0.3, 0.4) is 0 Å². The van der Waals surface area contributed by atoms with Crippen molar-refractivity contribution in [2.24, 2.45) is 7.05 Å². The number of likely N-dealkylation sites (tertiary alicyclic amines) is 1. The summed E-state index contributed by atoms with van der Waals surface area (Å²) in [5.74, 6) is 2.84. The van der Waals surface area contributed by atoms with Crippen LogP contribution in [0.15, 0.2) is 54.6 Å². The Labute approximate surface area is 280 Å². The fourth-order valence-electron chi connectivity index (χ4n) is 8.01. The fraction of sp³-hybridized carbons (Fsp3) is 0.513. The molecule has 0 radical (unpaired) electrons. The van der Waals surface area contributed by atoms with Gasteiger partial charge in [-0.15, -0.1) is 0 Å². The van der Waals surface area contributed by atoms with Gasteiger partial charge in [0.2, 0.25) is 0 Å². The third-order valence-corrected chi connectivity index (χ3v) is 10.9. The number of hydrogen-bond acceptors (Lipinski definition) is 7. The zero-order valence-electron chi connectivity index (χ0n) is 28.9. The lowest BCUT2D eigenvalue weighted by atomic mass is 9.86. The van der Waals surface area contributed by atoms with Crippen LogP contribution in [0.5, 0.6) is 11.5 Å². The van der Waals surface area contributed by atoms with Crippen molar-refractivity contribution in [2.45, 2.75) is 57.5 Å². The minimum atomic E-state index is 0.471. The van der Waals surface area contributed by atoms with Gasteiger partial charge in [0, 0.05) is 69.8 Å². The molecule has 0 unspecified atom stereocenters. The van der Waals surface area contributed by atoms with Gasteiger partial charge in [-0.2, -0.15) is 0 Å². The normalized spacial score (nSPS) is 19.1. The van der Waals surface area contributed by atoms with Gasteiger partial charge in [-0.25, -0.2) is 4.98 Å². The summed E-state index contributed by atoms with van der Waals surface area (Å²) >= 11 is 0. The molecule has 4 aromatic rings. The van der Waals surface area contributed by atoms with Crippen LogP contribution in [0, 0.1) is 0 Å². The molecule has 1 aromatic heterocycles. The third kappa shape index (κ3) is 6.48. The number of benzene rings is 3. The van der Waals surface area contributed by atoms with Gasteiger partial charge in [-0.1, -0.05) is 12.1 Å². The summed E-state index contributed by atoms with van der Waals surface area (Å²) in [5, 5.41) is 0. The maximum Gasteiger partial charge on any atom is 0.161 e. The number of imidazole rings is 1. The van der Waals surface area contributed by atoms with E-state index < -0.39 is 0 Å². The molecule has 3 aliphatic rings. The number of aryl methyl sites for hydroxylation is 1. The minimum Gasteiger partial charge on any atom is -0.493 e. The van der Waals surface area contributed by atoms with Crippen LogP contribution in [-0.2, 0) is 11.8 Å². The van der Waals surface area contributed by atoms with E-state index in [2.05, 4.69) is 82.6 Å². The van der Waals surface area contributed by atoms with Crippen molar-refractivity contribution in [3.63, 3.8) is 0 Å². The number of rotatable bonds is 8. The van der Waals surface area contributed by atoms with E-state index in [1.165, 1.54) is 27.9 Å². The van der Waals surface area contributed by atoms with Crippen molar-refractivity contribution in [3.8, 4) is 34.0 Å². The summed E-state index contributed by atoms with van der Waals surface area (Å²) in [5.41, 5.74) is 8.51. The van der Waals surface area contributed by atoms with E-state index in [1.807, 2.05) is 12.1 Å². The summed E-state index contributed by atoms with van der Waals surface area (Å²) < 4.78 is 19.1. The second kappa shape index (κ2) is 13.9. The maximum absolute atomic E-state index is 5.66. The van der Waals surface area contributed by atoms with Gasteiger partial charge in [-0.3, -0.25) is 4.90 Å². The molecule has 250 valence electrons. The van der Waals surface area contributed by atoms with Gasteiger partial charge >= 0.3 is 0 Å². The molecule has 0 aliphatic carbocycles. The zero-order chi connectivity index (χ0) is 32.5. The highest BCUT2D eigenvalue weighted by Gasteiger charge is 2.29. The number of piperidine rings is 1. The number of ether oxygens (including phenoxy) is 3. The SMILES string of the molecule is COc1ccc(-c2nc3c(C4CCN(C5CCOCC5)CC4)cc(-c4ccc(N5CCN(C(C)C)CC5)cc4)cc3n2C)cc1OC. The van der Waals surface area contributed by atoms with Crippen LogP contribution in [0.4, 0.5) is 5.69 Å². The van der Waals surface area contributed by atoms with E-state index in [0.29, 0.717) is 23.8 Å². The lowest BCUT2D eigenvalue weighted by molar-refractivity contribution is 0.0252. The van der Waals surface area contributed by atoms with Gasteiger partial charge < -0.3 is 28.6 Å². The van der Waals surface area contributed by atoms with E-state index in [9.17, 15) is 0 Å². The Kier molecular flexibility index (Phi) is 9.44. The Balaban J connectivity index is 1.22. The third-order valence-electron chi connectivity index (χ3n) is 10.9. The molecule has 47 heavy (non-hydrogen) atoms. The second-order valence-electron chi connectivity index (χ2n) is 13.8. The number of nitrogens with zero attached hydrogens (tertiary/aromatic N) is 5. The summed E-state index contributed by atoms with van der Waals surface area (Å²) in [7, 11) is 5.50. The van der Waals surface area contributed by atoms with Crippen LogP contribution in [-0.4, -0.2) is 98.1 Å². The van der Waals surface area contributed by atoms with Crippen molar-refractivity contribution >= 4 is 16.7 Å². The molecule has 0 spiro atoms. The molecule has 7 rings (SSSR count). The molecule has 0 saturated carbocycles. The highest BCUT2D eigenvalue weighted by molar-refractivity contribution is 5.89. The first-order valence-corrected chi connectivity index (χ1v) is 17.6. The molecule has 4 heterocycles. The van der Waals surface area contributed by atoms with Crippen molar-refractivity contribution < 1.29 is 14.2 Å². The van der Waals surface area contributed by atoms with Crippen LogP contribution >= 0.6 is 0 Å². The fourth-order valence-corrected chi connectivity index (χ4v) is 8.01. The number of anilines is 1. The molecule has 0 bridgehead atoms. The number of aromatic nitrogens is 2. The van der Waals surface area contributed by atoms with Crippen LogP contribution < -0.4 is 14.4 Å². The zero-order valence-corrected chi connectivity index (χ0v) is 28.9. The molecule has 0 N–H and O–H groups in total. The molecule has 8 heteroatoms. The van der Waals surface area contributed by atoms with Gasteiger partial charge in [0.1, 0.15) is 5.82 Å². The predicted molar refractivity (Wildman–Crippen MR) is 191 cm³/mol. The first-order valence-electron chi connectivity index (χ1n) is 17.6. The summed E-state index contributed by atoms with van der Waals surface area (Å²) in [4.78, 5) is 13.2. The number of piperazine rings is 1. The quantitative estimate of drug-likeness (QED) is 0.210. The van der Waals surface area contributed by atoms with Crippen molar-refractivity contribution in [3.05, 3.63) is 60.2 Å². The molecule has 3 aliphatic heterocycles. The van der Waals surface area contributed by atoms with Crippen molar-refractivity contribution in [2.75, 3.05) is 71.6 Å². The lowest BCUT2D eigenvalue weighted by Crippen LogP contribution is -2.48. The minimum absolute atomic E-state index is 0.471.